The third-order valence-corrected chi connectivity index (χ3v) is 1.00. The van der Waals surface area contributed by atoms with Crippen LogP contribution in [0.15, 0.2) is 0 Å². The maximum absolute atomic E-state index is 8.25. The largest absolute Gasteiger partial charge is 0.412 e. The van der Waals surface area contributed by atoms with Crippen LogP contribution in [-0.4, -0.2) is 31.7 Å². The van der Waals surface area contributed by atoms with Crippen LogP contribution in [0.5, 0.6) is 0 Å². The van der Waals surface area contributed by atoms with Crippen molar-refractivity contribution in [3.8, 4) is 0 Å². The minimum atomic E-state index is -2.41. The lowest BCUT2D eigenvalue weighted by Gasteiger charge is -1.97. The molecule has 0 amide bonds. The summed E-state index contributed by atoms with van der Waals surface area (Å²) in [6.45, 7) is 2.38. The number of hydrogen-bond acceptors (Lipinski definition) is 3. The van der Waals surface area contributed by atoms with E-state index < -0.39 is 9.28 Å². The van der Waals surface area contributed by atoms with Gasteiger partial charge < -0.3 is 14.3 Å². The zero-order valence-electron chi connectivity index (χ0n) is 4.29. The van der Waals surface area contributed by atoms with Gasteiger partial charge in [0.15, 0.2) is 0 Å². The zero-order valence-corrected chi connectivity index (χ0v) is 5.45. The molecule has 0 radical (unpaired) electrons. The third kappa shape index (κ3) is 6.10. The molecule has 0 bridgehead atoms. The number of hydrogen-bond donors (Lipinski definition) is 2. The molecule has 0 fully saturated rings. The first-order valence-corrected chi connectivity index (χ1v) is 4.06. The van der Waals surface area contributed by atoms with Gasteiger partial charge in [-0.05, 0) is 6.92 Å². The Morgan fingerprint density at radius 2 is 2.14 bits per heavy atom. The quantitative estimate of drug-likeness (QED) is 0.461. The molecular weight excluding hydrogens is 112 g/mol. The number of ether oxygens (including phenoxy) is 1. The molecule has 0 spiro atoms. The molecule has 0 unspecified atom stereocenters. The molecule has 0 aliphatic rings. The van der Waals surface area contributed by atoms with Crippen molar-refractivity contribution in [1.29, 1.82) is 0 Å². The molecule has 0 aliphatic heterocycles. The molecule has 2 N–H and O–H groups in total. The second-order valence-electron chi connectivity index (χ2n) is 1.14. The topological polar surface area (TPSA) is 49.7 Å². The van der Waals surface area contributed by atoms with E-state index in [2.05, 4.69) is 4.74 Å². The summed E-state index contributed by atoms with van der Waals surface area (Å²) < 4.78 is 4.66. The Hall–Kier alpha value is 0.0969. The first-order valence-electron chi connectivity index (χ1n) is 2.21. The molecule has 0 saturated carbocycles. The molecular formula is C3H10O3Si. The van der Waals surface area contributed by atoms with Crippen molar-refractivity contribution in [3.63, 3.8) is 0 Å². The summed E-state index contributed by atoms with van der Waals surface area (Å²) in [5.41, 5.74) is 0. The van der Waals surface area contributed by atoms with Crippen LogP contribution in [0.2, 0.25) is 0 Å². The Balaban J connectivity index is 2.68. The normalized spacial score (nSPS) is 10.3. The van der Waals surface area contributed by atoms with Gasteiger partial charge in [-0.3, -0.25) is 0 Å². The van der Waals surface area contributed by atoms with Crippen LogP contribution >= 0.6 is 0 Å². The van der Waals surface area contributed by atoms with Crippen molar-refractivity contribution in [2.45, 2.75) is 6.92 Å². The Morgan fingerprint density at radius 3 is 2.29 bits per heavy atom. The van der Waals surface area contributed by atoms with Crippen molar-refractivity contribution in [1.82, 2.24) is 0 Å². The van der Waals surface area contributed by atoms with Gasteiger partial charge in [0.1, 0.15) is 0 Å². The lowest BCUT2D eigenvalue weighted by Crippen LogP contribution is -2.19. The molecule has 44 valence electrons. The van der Waals surface area contributed by atoms with Crippen molar-refractivity contribution >= 4 is 9.28 Å². The van der Waals surface area contributed by atoms with Crippen LogP contribution < -0.4 is 0 Å². The Morgan fingerprint density at radius 1 is 1.57 bits per heavy atom. The van der Waals surface area contributed by atoms with Gasteiger partial charge in [0.05, 0.1) is 6.23 Å². The zero-order chi connectivity index (χ0) is 5.70. The summed E-state index contributed by atoms with van der Waals surface area (Å²) in [5.74, 6) is 0. The third-order valence-electron chi connectivity index (χ3n) is 0.471. The van der Waals surface area contributed by atoms with E-state index in [-0.39, 0.29) is 6.23 Å². The van der Waals surface area contributed by atoms with Gasteiger partial charge in [0.25, 0.3) is 0 Å². The average Bonchev–Trinajstić information content (AvgIpc) is 1.61. The molecule has 0 rings (SSSR count). The second-order valence-corrected chi connectivity index (χ2v) is 2.43. The van der Waals surface area contributed by atoms with Gasteiger partial charge in [-0.2, -0.15) is 0 Å². The predicted molar refractivity (Wildman–Crippen MR) is 28.1 cm³/mol. The summed E-state index contributed by atoms with van der Waals surface area (Å²) >= 11 is 0. The fourth-order valence-corrected chi connectivity index (χ4v) is 0.670. The summed E-state index contributed by atoms with van der Waals surface area (Å²) in [4.78, 5) is 16.5. The van der Waals surface area contributed by atoms with E-state index in [0.29, 0.717) is 6.61 Å². The lowest BCUT2D eigenvalue weighted by atomic mass is 10.9. The van der Waals surface area contributed by atoms with E-state index >= 15 is 0 Å². The van der Waals surface area contributed by atoms with Gasteiger partial charge in [0.2, 0.25) is 0 Å². The van der Waals surface area contributed by atoms with Crippen LogP contribution in [0.4, 0.5) is 0 Å². The number of rotatable bonds is 3. The van der Waals surface area contributed by atoms with Crippen LogP contribution in [0.3, 0.4) is 0 Å². The molecule has 7 heavy (non-hydrogen) atoms. The SMILES string of the molecule is CCOC[SiH](O)O. The smallest absolute Gasteiger partial charge is 0.342 e. The highest BCUT2D eigenvalue weighted by molar-refractivity contribution is 6.40. The van der Waals surface area contributed by atoms with E-state index in [9.17, 15) is 0 Å². The van der Waals surface area contributed by atoms with Gasteiger partial charge >= 0.3 is 9.28 Å². The van der Waals surface area contributed by atoms with Gasteiger partial charge in [0, 0.05) is 6.61 Å². The molecule has 3 nitrogen and oxygen atoms in total. The highest BCUT2D eigenvalue weighted by Crippen LogP contribution is 1.72. The first-order chi connectivity index (χ1) is 3.27. The predicted octanol–water partition coefficient (Wildman–Crippen LogP) is -1.23. The van der Waals surface area contributed by atoms with E-state index in [0.717, 1.165) is 0 Å². The Bertz CT molecular complexity index is 39.2. The Kier molecular flexibility index (Phi) is 4.32. The standard InChI is InChI=1S/C3H10O3Si/c1-2-6-3-7(4)5/h4-5,7H,2-3H2,1H3. The molecule has 0 aromatic rings. The van der Waals surface area contributed by atoms with E-state index in [4.69, 9.17) is 9.59 Å². The van der Waals surface area contributed by atoms with Crippen LogP contribution in [-0.2, 0) is 4.74 Å². The van der Waals surface area contributed by atoms with Gasteiger partial charge in [-0.15, -0.1) is 0 Å². The highest BCUT2D eigenvalue weighted by atomic mass is 28.3. The molecule has 0 aromatic carbocycles. The average molecular weight is 122 g/mol. The molecule has 4 heteroatoms. The molecule has 0 atom stereocenters. The molecule has 0 heterocycles. The van der Waals surface area contributed by atoms with E-state index in [1.165, 1.54) is 0 Å². The van der Waals surface area contributed by atoms with Crippen molar-refractivity contribution < 1.29 is 14.3 Å². The maximum atomic E-state index is 8.25. The van der Waals surface area contributed by atoms with E-state index in [1.54, 1.807) is 0 Å². The van der Waals surface area contributed by atoms with Crippen molar-refractivity contribution in [2.24, 2.45) is 0 Å². The molecule has 0 aliphatic carbocycles. The lowest BCUT2D eigenvalue weighted by molar-refractivity contribution is 0.167. The van der Waals surface area contributed by atoms with Crippen LogP contribution in [0, 0.1) is 0 Å². The fraction of sp³-hybridized carbons (Fsp3) is 1.00. The van der Waals surface area contributed by atoms with Crippen LogP contribution in [0.1, 0.15) is 6.92 Å². The minimum absolute atomic E-state index is 0.149. The second kappa shape index (κ2) is 4.26. The minimum Gasteiger partial charge on any atom is -0.412 e. The fourth-order valence-electron chi connectivity index (χ4n) is 0.223. The first kappa shape index (κ1) is 7.10. The summed E-state index contributed by atoms with van der Waals surface area (Å²) in [6.07, 6.45) is 0.149. The maximum Gasteiger partial charge on any atom is 0.342 e. The molecule has 0 saturated heterocycles. The summed E-state index contributed by atoms with van der Waals surface area (Å²) in [6, 6.07) is 0. The van der Waals surface area contributed by atoms with E-state index in [1.807, 2.05) is 6.92 Å². The van der Waals surface area contributed by atoms with Crippen LogP contribution in [0.25, 0.3) is 0 Å². The van der Waals surface area contributed by atoms with Gasteiger partial charge in [-0.25, -0.2) is 0 Å². The summed E-state index contributed by atoms with van der Waals surface area (Å²) in [5, 5.41) is 0. The van der Waals surface area contributed by atoms with Gasteiger partial charge in [-0.1, -0.05) is 0 Å². The van der Waals surface area contributed by atoms with Crippen molar-refractivity contribution in [3.05, 3.63) is 0 Å². The Labute approximate surface area is 44.4 Å². The summed E-state index contributed by atoms with van der Waals surface area (Å²) in [7, 11) is -2.41. The highest BCUT2D eigenvalue weighted by Gasteiger charge is 1.97. The molecule has 0 aromatic heterocycles. The van der Waals surface area contributed by atoms with Crippen molar-refractivity contribution in [2.75, 3.05) is 12.8 Å². The monoisotopic (exact) mass is 122 g/mol.